The third kappa shape index (κ3) is 3.94. The smallest absolute Gasteiger partial charge is 0.282 e. The second-order valence-corrected chi connectivity index (χ2v) is 8.75. The van der Waals surface area contributed by atoms with E-state index in [-0.39, 0.29) is 11.8 Å². The van der Waals surface area contributed by atoms with Crippen LogP contribution in [0, 0.1) is 13.8 Å². The Labute approximate surface area is 193 Å². The van der Waals surface area contributed by atoms with Gasteiger partial charge in [0.05, 0.1) is 11.3 Å². The summed E-state index contributed by atoms with van der Waals surface area (Å²) < 4.78 is 0. The van der Waals surface area contributed by atoms with E-state index in [1.165, 1.54) is 16.2 Å². The Kier molecular flexibility index (Phi) is 6.15. The van der Waals surface area contributed by atoms with Crippen LogP contribution in [0.15, 0.2) is 65.7 Å². The SMILES string of the molecule is CCN(CC)c1ccc(N2C(=O)C(Nc3ccc(C)cc3C)=C(c3cccs3)C2=O)cc1. The number of anilines is 3. The summed E-state index contributed by atoms with van der Waals surface area (Å²) >= 11 is 1.45. The highest BCUT2D eigenvalue weighted by Gasteiger charge is 2.40. The van der Waals surface area contributed by atoms with Gasteiger partial charge in [0, 0.05) is 29.3 Å². The van der Waals surface area contributed by atoms with Gasteiger partial charge in [-0.25, -0.2) is 4.90 Å². The minimum absolute atomic E-state index is 0.305. The predicted molar refractivity (Wildman–Crippen MR) is 133 cm³/mol. The summed E-state index contributed by atoms with van der Waals surface area (Å²) in [5, 5.41) is 5.18. The van der Waals surface area contributed by atoms with E-state index in [0.29, 0.717) is 17.0 Å². The first kappa shape index (κ1) is 21.8. The molecular formula is C26H27N3O2S. The van der Waals surface area contributed by atoms with Gasteiger partial charge in [-0.05, 0) is 75.0 Å². The number of carbonyl (C=O) groups excluding carboxylic acids is 2. The zero-order valence-corrected chi connectivity index (χ0v) is 19.6. The van der Waals surface area contributed by atoms with Crippen LogP contribution in [0.4, 0.5) is 17.1 Å². The van der Waals surface area contributed by atoms with Gasteiger partial charge in [0.15, 0.2) is 0 Å². The minimum atomic E-state index is -0.339. The Morgan fingerprint density at radius 1 is 0.938 bits per heavy atom. The number of hydrogen-bond acceptors (Lipinski definition) is 5. The number of aryl methyl sites for hydroxylation is 2. The van der Waals surface area contributed by atoms with Crippen molar-refractivity contribution in [2.24, 2.45) is 0 Å². The maximum Gasteiger partial charge on any atom is 0.282 e. The third-order valence-electron chi connectivity index (χ3n) is 5.73. The number of thiophene rings is 1. The highest BCUT2D eigenvalue weighted by Crippen LogP contribution is 2.36. The molecule has 5 nitrogen and oxygen atoms in total. The summed E-state index contributed by atoms with van der Waals surface area (Å²) in [7, 11) is 0. The van der Waals surface area contributed by atoms with Crippen molar-refractivity contribution in [1.82, 2.24) is 0 Å². The fraction of sp³-hybridized carbons (Fsp3) is 0.231. The molecule has 0 saturated heterocycles. The van der Waals surface area contributed by atoms with E-state index >= 15 is 0 Å². The number of hydrogen-bond donors (Lipinski definition) is 1. The molecule has 0 radical (unpaired) electrons. The maximum atomic E-state index is 13.5. The second-order valence-electron chi connectivity index (χ2n) is 7.81. The van der Waals surface area contributed by atoms with E-state index in [4.69, 9.17) is 0 Å². The number of rotatable bonds is 7. The van der Waals surface area contributed by atoms with Crippen LogP contribution in [-0.2, 0) is 9.59 Å². The van der Waals surface area contributed by atoms with Gasteiger partial charge in [-0.3, -0.25) is 9.59 Å². The molecule has 0 saturated carbocycles. The van der Waals surface area contributed by atoms with Crippen molar-refractivity contribution in [3.63, 3.8) is 0 Å². The molecule has 1 aromatic heterocycles. The van der Waals surface area contributed by atoms with E-state index in [1.807, 2.05) is 67.8 Å². The Bertz CT molecular complexity index is 1180. The van der Waals surface area contributed by atoms with Crippen LogP contribution in [0.25, 0.3) is 5.57 Å². The minimum Gasteiger partial charge on any atom is -0.372 e. The van der Waals surface area contributed by atoms with Gasteiger partial charge in [-0.1, -0.05) is 23.8 Å². The van der Waals surface area contributed by atoms with Crippen molar-refractivity contribution in [2.45, 2.75) is 27.7 Å². The Balaban J connectivity index is 1.73. The zero-order valence-electron chi connectivity index (χ0n) is 18.8. The summed E-state index contributed by atoms with van der Waals surface area (Å²) in [6.45, 7) is 10.0. The molecule has 0 bridgehead atoms. The van der Waals surface area contributed by atoms with Crippen LogP contribution < -0.4 is 15.1 Å². The Morgan fingerprint density at radius 3 is 2.25 bits per heavy atom. The molecule has 0 spiro atoms. The van der Waals surface area contributed by atoms with E-state index in [9.17, 15) is 9.59 Å². The number of imide groups is 1. The molecule has 1 aliphatic rings. The standard InChI is InChI=1S/C26H27N3O2S/c1-5-28(6-2)19-10-12-20(13-11-19)29-25(30)23(22-8-7-15-32-22)24(26(29)31)27-21-14-9-17(3)16-18(21)4/h7-16,27H,5-6H2,1-4H3. The van der Waals surface area contributed by atoms with Crippen molar-refractivity contribution in [1.29, 1.82) is 0 Å². The topological polar surface area (TPSA) is 52.6 Å². The molecular weight excluding hydrogens is 418 g/mol. The summed E-state index contributed by atoms with van der Waals surface area (Å²) in [5.41, 5.74) is 5.35. The molecule has 6 heteroatoms. The summed E-state index contributed by atoms with van der Waals surface area (Å²) in [6.07, 6.45) is 0. The lowest BCUT2D eigenvalue weighted by molar-refractivity contribution is -0.120. The number of carbonyl (C=O) groups is 2. The number of amides is 2. The molecule has 0 atom stereocenters. The molecule has 164 valence electrons. The van der Waals surface area contributed by atoms with Crippen LogP contribution >= 0.6 is 11.3 Å². The number of nitrogens with one attached hydrogen (secondary N) is 1. The molecule has 2 amide bonds. The molecule has 1 N–H and O–H groups in total. The lowest BCUT2D eigenvalue weighted by Crippen LogP contribution is -2.32. The zero-order chi connectivity index (χ0) is 22.8. The third-order valence-corrected chi connectivity index (χ3v) is 6.62. The summed E-state index contributed by atoms with van der Waals surface area (Å²) in [5.74, 6) is -0.644. The van der Waals surface area contributed by atoms with Crippen molar-refractivity contribution in [3.05, 3.63) is 81.7 Å². The van der Waals surface area contributed by atoms with E-state index in [1.54, 1.807) is 0 Å². The molecule has 0 fully saturated rings. The van der Waals surface area contributed by atoms with Crippen molar-refractivity contribution in [3.8, 4) is 0 Å². The van der Waals surface area contributed by atoms with Crippen molar-refractivity contribution < 1.29 is 9.59 Å². The Morgan fingerprint density at radius 2 is 1.66 bits per heavy atom. The largest absolute Gasteiger partial charge is 0.372 e. The van der Waals surface area contributed by atoms with E-state index < -0.39 is 0 Å². The van der Waals surface area contributed by atoms with Crippen molar-refractivity contribution in [2.75, 3.05) is 28.2 Å². The normalized spacial score (nSPS) is 13.8. The molecule has 3 aromatic rings. The molecule has 2 heterocycles. The average Bonchev–Trinajstić information content (AvgIpc) is 3.38. The van der Waals surface area contributed by atoms with E-state index in [0.717, 1.165) is 40.5 Å². The van der Waals surface area contributed by atoms with Gasteiger partial charge in [0.1, 0.15) is 5.70 Å². The first-order chi connectivity index (χ1) is 15.4. The fourth-order valence-corrected chi connectivity index (χ4v) is 4.79. The monoisotopic (exact) mass is 445 g/mol. The van der Waals surface area contributed by atoms with Crippen LogP contribution in [0.2, 0.25) is 0 Å². The highest BCUT2D eigenvalue weighted by molar-refractivity contribution is 7.11. The Hall–Kier alpha value is -3.38. The molecule has 4 rings (SSSR count). The molecule has 0 unspecified atom stereocenters. The van der Waals surface area contributed by atoms with Crippen LogP contribution in [0.3, 0.4) is 0 Å². The van der Waals surface area contributed by atoms with Gasteiger partial charge >= 0.3 is 0 Å². The second kappa shape index (κ2) is 9.01. The first-order valence-corrected chi connectivity index (χ1v) is 11.7. The fourth-order valence-electron chi connectivity index (χ4n) is 4.02. The molecule has 2 aromatic carbocycles. The number of benzene rings is 2. The van der Waals surface area contributed by atoms with Crippen LogP contribution in [0.5, 0.6) is 0 Å². The van der Waals surface area contributed by atoms with E-state index in [2.05, 4.69) is 30.1 Å². The van der Waals surface area contributed by atoms with Gasteiger partial charge in [0.25, 0.3) is 11.8 Å². The van der Waals surface area contributed by atoms with Gasteiger partial charge in [-0.15, -0.1) is 11.3 Å². The number of nitrogens with zero attached hydrogens (tertiary/aromatic N) is 2. The lowest BCUT2D eigenvalue weighted by atomic mass is 10.1. The quantitative estimate of drug-likeness (QED) is 0.481. The average molecular weight is 446 g/mol. The maximum absolute atomic E-state index is 13.5. The van der Waals surface area contributed by atoms with Gasteiger partial charge in [-0.2, -0.15) is 0 Å². The summed E-state index contributed by atoms with van der Waals surface area (Å²) in [6, 6.07) is 17.4. The highest BCUT2D eigenvalue weighted by atomic mass is 32.1. The van der Waals surface area contributed by atoms with Crippen LogP contribution in [-0.4, -0.2) is 24.9 Å². The molecule has 0 aliphatic carbocycles. The molecule has 32 heavy (non-hydrogen) atoms. The van der Waals surface area contributed by atoms with Crippen LogP contribution in [0.1, 0.15) is 29.9 Å². The van der Waals surface area contributed by atoms with Gasteiger partial charge in [0.2, 0.25) is 0 Å². The van der Waals surface area contributed by atoms with Gasteiger partial charge < -0.3 is 10.2 Å². The predicted octanol–water partition coefficient (Wildman–Crippen LogP) is 5.61. The van der Waals surface area contributed by atoms with Crippen molar-refractivity contribution >= 4 is 45.8 Å². The first-order valence-electron chi connectivity index (χ1n) is 10.8. The summed E-state index contributed by atoms with van der Waals surface area (Å²) in [4.78, 5) is 31.3. The molecule has 1 aliphatic heterocycles. The lowest BCUT2D eigenvalue weighted by Gasteiger charge is -2.22.